The number of esters is 1. The highest BCUT2D eigenvalue weighted by Gasteiger charge is 2.19. The van der Waals surface area contributed by atoms with E-state index in [9.17, 15) is 4.79 Å². The number of hydrogen-bond donors (Lipinski definition) is 1. The molecule has 1 aromatic rings. The average Bonchev–Trinajstić information content (AvgIpc) is 2.72. The number of piperidine rings is 1. The molecule has 0 amide bonds. The van der Waals surface area contributed by atoms with Crippen LogP contribution < -0.4 is 5.32 Å². The van der Waals surface area contributed by atoms with E-state index in [2.05, 4.69) is 5.32 Å². The summed E-state index contributed by atoms with van der Waals surface area (Å²) in [5.41, 5.74) is 0. The van der Waals surface area contributed by atoms with E-state index in [-0.39, 0.29) is 17.8 Å². The standard InChI is InChI=1S/C10H13NO3/c12-10(9-4-2-6-13-9)14-8-3-1-5-11-7-8/h2,4,6,8,11H,1,3,5,7H2/t8-/m0/s1. The second kappa shape index (κ2) is 4.28. The van der Waals surface area contributed by atoms with E-state index in [0.717, 1.165) is 25.9 Å². The Morgan fingerprint density at radius 2 is 2.57 bits per heavy atom. The molecule has 0 bridgehead atoms. The number of furan rings is 1. The highest BCUT2D eigenvalue weighted by atomic mass is 16.6. The lowest BCUT2D eigenvalue weighted by Crippen LogP contribution is -2.36. The summed E-state index contributed by atoms with van der Waals surface area (Å²) in [7, 11) is 0. The minimum atomic E-state index is -0.372. The quantitative estimate of drug-likeness (QED) is 0.720. The zero-order chi connectivity index (χ0) is 9.80. The molecule has 0 spiro atoms. The number of ether oxygens (including phenoxy) is 1. The molecule has 1 fully saturated rings. The maximum atomic E-state index is 11.4. The predicted molar refractivity (Wildman–Crippen MR) is 50.0 cm³/mol. The molecule has 0 saturated carbocycles. The van der Waals surface area contributed by atoms with Gasteiger partial charge in [-0.25, -0.2) is 4.79 Å². The Morgan fingerprint density at radius 3 is 3.21 bits per heavy atom. The van der Waals surface area contributed by atoms with E-state index in [1.807, 2.05) is 0 Å². The zero-order valence-corrected chi connectivity index (χ0v) is 7.86. The molecule has 1 N–H and O–H groups in total. The van der Waals surface area contributed by atoms with Crippen LogP contribution in [-0.4, -0.2) is 25.2 Å². The minimum Gasteiger partial charge on any atom is -0.457 e. The SMILES string of the molecule is O=C(O[C@H]1CCCNC1)c1ccco1. The van der Waals surface area contributed by atoms with Crippen molar-refractivity contribution in [2.75, 3.05) is 13.1 Å². The molecule has 1 aliphatic rings. The van der Waals surface area contributed by atoms with E-state index in [4.69, 9.17) is 9.15 Å². The Hall–Kier alpha value is -1.29. The Morgan fingerprint density at radius 1 is 1.64 bits per heavy atom. The summed E-state index contributed by atoms with van der Waals surface area (Å²) in [6, 6.07) is 3.29. The second-order valence-electron chi connectivity index (χ2n) is 3.35. The number of nitrogens with one attached hydrogen (secondary N) is 1. The molecular formula is C10H13NO3. The average molecular weight is 195 g/mol. The Kier molecular flexibility index (Phi) is 2.84. The van der Waals surface area contributed by atoms with Gasteiger partial charge in [-0.05, 0) is 31.5 Å². The first kappa shape index (κ1) is 9.27. The molecule has 1 aromatic heterocycles. The van der Waals surface area contributed by atoms with Crippen molar-refractivity contribution in [1.29, 1.82) is 0 Å². The summed E-state index contributed by atoms with van der Waals surface area (Å²) in [5.74, 6) is -0.0979. The van der Waals surface area contributed by atoms with E-state index in [1.165, 1.54) is 6.26 Å². The summed E-state index contributed by atoms with van der Waals surface area (Å²) in [5, 5.41) is 3.18. The highest BCUT2D eigenvalue weighted by molar-refractivity contribution is 5.86. The van der Waals surface area contributed by atoms with E-state index >= 15 is 0 Å². The van der Waals surface area contributed by atoms with Gasteiger partial charge in [-0.3, -0.25) is 0 Å². The van der Waals surface area contributed by atoms with Crippen LogP contribution in [0.5, 0.6) is 0 Å². The van der Waals surface area contributed by atoms with Crippen molar-refractivity contribution >= 4 is 5.97 Å². The fraction of sp³-hybridized carbons (Fsp3) is 0.500. The minimum absolute atomic E-state index is 0.0126. The van der Waals surface area contributed by atoms with Gasteiger partial charge in [0, 0.05) is 6.54 Å². The van der Waals surface area contributed by atoms with Gasteiger partial charge >= 0.3 is 5.97 Å². The number of hydrogen-bond acceptors (Lipinski definition) is 4. The number of carbonyl (C=O) groups excluding carboxylic acids is 1. The summed E-state index contributed by atoms with van der Waals surface area (Å²) < 4.78 is 10.2. The van der Waals surface area contributed by atoms with Crippen molar-refractivity contribution in [3.8, 4) is 0 Å². The lowest BCUT2D eigenvalue weighted by atomic mass is 10.1. The molecule has 76 valence electrons. The maximum absolute atomic E-state index is 11.4. The summed E-state index contributed by atoms with van der Waals surface area (Å²) in [4.78, 5) is 11.4. The third-order valence-electron chi connectivity index (χ3n) is 2.25. The van der Waals surface area contributed by atoms with Crippen LogP contribution in [-0.2, 0) is 4.74 Å². The van der Waals surface area contributed by atoms with Crippen molar-refractivity contribution in [1.82, 2.24) is 5.32 Å². The van der Waals surface area contributed by atoms with E-state index in [0.29, 0.717) is 0 Å². The predicted octanol–water partition coefficient (Wildman–Crippen LogP) is 1.19. The molecule has 1 saturated heterocycles. The van der Waals surface area contributed by atoms with Gasteiger partial charge in [0.25, 0.3) is 0 Å². The van der Waals surface area contributed by atoms with Crippen molar-refractivity contribution in [3.05, 3.63) is 24.2 Å². The molecular weight excluding hydrogens is 182 g/mol. The molecule has 4 heteroatoms. The monoisotopic (exact) mass is 195 g/mol. The van der Waals surface area contributed by atoms with E-state index in [1.54, 1.807) is 12.1 Å². The van der Waals surface area contributed by atoms with Crippen molar-refractivity contribution in [3.63, 3.8) is 0 Å². The van der Waals surface area contributed by atoms with Gasteiger partial charge in [0.1, 0.15) is 6.10 Å². The number of carbonyl (C=O) groups is 1. The fourth-order valence-corrected chi connectivity index (χ4v) is 1.52. The third-order valence-corrected chi connectivity index (χ3v) is 2.25. The molecule has 0 aliphatic carbocycles. The van der Waals surface area contributed by atoms with Gasteiger partial charge in [-0.1, -0.05) is 0 Å². The normalized spacial score (nSPS) is 21.9. The van der Waals surface area contributed by atoms with Crippen LogP contribution in [0.25, 0.3) is 0 Å². The topological polar surface area (TPSA) is 51.5 Å². The molecule has 0 aromatic carbocycles. The Balaban J connectivity index is 1.87. The summed E-state index contributed by atoms with van der Waals surface area (Å²) in [6.07, 6.45) is 3.44. The number of rotatable bonds is 2. The van der Waals surface area contributed by atoms with Crippen LogP contribution >= 0.6 is 0 Å². The molecule has 4 nitrogen and oxygen atoms in total. The Bertz CT molecular complexity index is 288. The molecule has 2 heterocycles. The molecule has 2 rings (SSSR count). The highest BCUT2D eigenvalue weighted by Crippen LogP contribution is 2.10. The zero-order valence-electron chi connectivity index (χ0n) is 7.86. The Labute approximate surface area is 82.2 Å². The smallest absolute Gasteiger partial charge is 0.374 e. The molecule has 1 aliphatic heterocycles. The summed E-state index contributed by atoms with van der Waals surface area (Å²) >= 11 is 0. The largest absolute Gasteiger partial charge is 0.457 e. The van der Waals surface area contributed by atoms with Crippen LogP contribution in [0.1, 0.15) is 23.4 Å². The first-order valence-electron chi connectivity index (χ1n) is 4.81. The van der Waals surface area contributed by atoms with Gasteiger partial charge in [-0.2, -0.15) is 0 Å². The van der Waals surface area contributed by atoms with Crippen molar-refractivity contribution in [2.24, 2.45) is 0 Å². The molecule has 0 unspecified atom stereocenters. The first-order chi connectivity index (χ1) is 6.86. The van der Waals surface area contributed by atoms with Crippen molar-refractivity contribution < 1.29 is 13.9 Å². The molecule has 0 radical (unpaired) electrons. The lowest BCUT2D eigenvalue weighted by Gasteiger charge is -2.22. The first-order valence-corrected chi connectivity index (χ1v) is 4.81. The van der Waals surface area contributed by atoms with Crippen LogP contribution in [0.15, 0.2) is 22.8 Å². The van der Waals surface area contributed by atoms with Gasteiger partial charge in [-0.15, -0.1) is 0 Å². The van der Waals surface area contributed by atoms with Crippen molar-refractivity contribution in [2.45, 2.75) is 18.9 Å². The second-order valence-corrected chi connectivity index (χ2v) is 3.35. The van der Waals surface area contributed by atoms with Gasteiger partial charge in [0.15, 0.2) is 0 Å². The summed E-state index contributed by atoms with van der Waals surface area (Å²) in [6.45, 7) is 1.75. The van der Waals surface area contributed by atoms with Gasteiger partial charge in [0.2, 0.25) is 5.76 Å². The van der Waals surface area contributed by atoms with Crippen LogP contribution in [0.2, 0.25) is 0 Å². The van der Waals surface area contributed by atoms with E-state index < -0.39 is 0 Å². The maximum Gasteiger partial charge on any atom is 0.374 e. The molecule has 1 atom stereocenters. The van der Waals surface area contributed by atoms with Gasteiger partial charge in [0.05, 0.1) is 6.26 Å². The van der Waals surface area contributed by atoms with Crippen LogP contribution in [0, 0.1) is 0 Å². The van der Waals surface area contributed by atoms with Crippen LogP contribution in [0.4, 0.5) is 0 Å². The fourth-order valence-electron chi connectivity index (χ4n) is 1.52. The molecule has 14 heavy (non-hydrogen) atoms. The van der Waals surface area contributed by atoms with Gasteiger partial charge < -0.3 is 14.5 Å². The van der Waals surface area contributed by atoms with Crippen LogP contribution in [0.3, 0.4) is 0 Å². The lowest BCUT2D eigenvalue weighted by molar-refractivity contribution is 0.0211. The third kappa shape index (κ3) is 2.14.